The highest BCUT2D eigenvalue weighted by Crippen LogP contribution is 2.04. The fourth-order valence-electron chi connectivity index (χ4n) is 1.83. The van der Waals surface area contributed by atoms with Crippen molar-refractivity contribution in [1.82, 2.24) is 10.3 Å². The number of oxime groups is 1. The zero-order valence-electron chi connectivity index (χ0n) is 11.6. The smallest absolute Gasteiger partial charge is 0.270 e. The molecule has 21 heavy (non-hydrogen) atoms. The number of aryl methyl sites for hydroxylation is 1. The molecule has 0 aliphatic carbocycles. The SMILES string of the molecule is Cc1cccc(CNC(=O)c2ccc(C(N)=NO)cn2)c1. The van der Waals surface area contributed by atoms with E-state index in [1.54, 1.807) is 6.07 Å². The minimum atomic E-state index is -0.275. The second-order valence-corrected chi connectivity index (χ2v) is 4.59. The highest BCUT2D eigenvalue weighted by atomic mass is 16.4. The van der Waals surface area contributed by atoms with Crippen LogP contribution in [0.5, 0.6) is 0 Å². The van der Waals surface area contributed by atoms with E-state index in [0.717, 1.165) is 11.1 Å². The Balaban J connectivity index is 2.00. The van der Waals surface area contributed by atoms with E-state index in [1.165, 1.54) is 12.3 Å². The standard InChI is InChI=1S/C15H16N4O2/c1-10-3-2-4-11(7-10)8-18-15(20)13-6-5-12(9-17-13)14(16)19-21/h2-7,9,21H,8H2,1H3,(H2,16,19)(H,18,20). The van der Waals surface area contributed by atoms with Crippen LogP contribution in [0.15, 0.2) is 47.8 Å². The maximum Gasteiger partial charge on any atom is 0.270 e. The molecule has 4 N–H and O–H groups in total. The molecule has 0 atom stereocenters. The number of amidine groups is 1. The quantitative estimate of drug-likeness (QED) is 0.342. The third kappa shape index (κ3) is 3.79. The van der Waals surface area contributed by atoms with Gasteiger partial charge in [0.1, 0.15) is 5.69 Å². The van der Waals surface area contributed by atoms with Crippen molar-refractivity contribution in [2.24, 2.45) is 10.9 Å². The van der Waals surface area contributed by atoms with E-state index in [2.05, 4.69) is 15.5 Å². The molecule has 0 fully saturated rings. The summed E-state index contributed by atoms with van der Waals surface area (Å²) < 4.78 is 0. The first-order valence-corrected chi connectivity index (χ1v) is 6.38. The molecule has 6 nitrogen and oxygen atoms in total. The van der Waals surface area contributed by atoms with E-state index in [0.29, 0.717) is 12.1 Å². The van der Waals surface area contributed by atoms with Crippen LogP contribution >= 0.6 is 0 Å². The molecule has 2 rings (SSSR count). The van der Waals surface area contributed by atoms with Gasteiger partial charge in [-0.05, 0) is 24.6 Å². The highest BCUT2D eigenvalue weighted by Gasteiger charge is 2.08. The van der Waals surface area contributed by atoms with Gasteiger partial charge in [0.25, 0.3) is 5.91 Å². The lowest BCUT2D eigenvalue weighted by molar-refractivity contribution is 0.0946. The van der Waals surface area contributed by atoms with E-state index < -0.39 is 0 Å². The number of nitrogens with two attached hydrogens (primary N) is 1. The lowest BCUT2D eigenvalue weighted by Crippen LogP contribution is -2.24. The first-order chi connectivity index (χ1) is 10.1. The molecule has 0 saturated heterocycles. The molecule has 0 aliphatic rings. The fourth-order valence-corrected chi connectivity index (χ4v) is 1.83. The largest absolute Gasteiger partial charge is 0.409 e. The molecule has 1 aromatic carbocycles. The summed E-state index contributed by atoms with van der Waals surface area (Å²) in [4.78, 5) is 16.0. The molecule has 0 bridgehead atoms. The van der Waals surface area contributed by atoms with E-state index in [-0.39, 0.29) is 17.4 Å². The molecule has 0 spiro atoms. The number of benzene rings is 1. The van der Waals surface area contributed by atoms with E-state index in [9.17, 15) is 4.79 Å². The lowest BCUT2D eigenvalue weighted by atomic mass is 10.1. The summed E-state index contributed by atoms with van der Waals surface area (Å²) in [7, 11) is 0. The number of carbonyl (C=O) groups is 1. The number of pyridine rings is 1. The van der Waals surface area contributed by atoms with Crippen molar-refractivity contribution in [3.63, 3.8) is 0 Å². The number of hydrogen-bond acceptors (Lipinski definition) is 4. The van der Waals surface area contributed by atoms with Gasteiger partial charge >= 0.3 is 0 Å². The average Bonchev–Trinajstić information content (AvgIpc) is 2.52. The number of amides is 1. The normalized spacial score (nSPS) is 11.2. The third-order valence-corrected chi connectivity index (χ3v) is 2.94. The van der Waals surface area contributed by atoms with Crippen molar-refractivity contribution in [2.75, 3.05) is 0 Å². The summed E-state index contributed by atoms with van der Waals surface area (Å²) in [6, 6.07) is 11.0. The molecular weight excluding hydrogens is 268 g/mol. The van der Waals surface area contributed by atoms with Gasteiger partial charge in [-0.2, -0.15) is 0 Å². The Kier molecular flexibility index (Phi) is 4.50. The van der Waals surface area contributed by atoms with Crippen LogP contribution in [0.25, 0.3) is 0 Å². The van der Waals surface area contributed by atoms with Gasteiger partial charge in [-0.25, -0.2) is 0 Å². The van der Waals surface area contributed by atoms with E-state index in [4.69, 9.17) is 10.9 Å². The summed E-state index contributed by atoms with van der Waals surface area (Å²) in [6.45, 7) is 2.43. The average molecular weight is 284 g/mol. The summed E-state index contributed by atoms with van der Waals surface area (Å²) in [5, 5.41) is 14.2. The Morgan fingerprint density at radius 2 is 2.19 bits per heavy atom. The number of hydrogen-bond donors (Lipinski definition) is 3. The molecule has 1 heterocycles. The van der Waals surface area contributed by atoms with Crippen LogP contribution in [0, 0.1) is 6.92 Å². The Morgan fingerprint density at radius 1 is 1.38 bits per heavy atom. The van der Waals surface area contributed by atoms with Crippen LogP contribution in [0.4, 0.5) is 0 Å². The summed E-state index contributed by atoms with van der Waals surface area (Å²) in [6.07, 6.45) is 1.39. The van der Waals surface area contributed by atoms with Crippen LogP contribution in [0.1, 0.15) is 27.2 Å². The van der Waals surface area contributed by atoms with Gasteiger partial charge < -0.3 is 16.3 Å². The van der Waals surface area contributed by atoms with Gasteiger partial charge in [-0.1, -0.05) is 35.0 Å². The maximum absolute atomic E-state index is 12.0. The van der Waals surface area contributed by atoms with Crippen molar-refractivity contribution in [3.8, 4) is 0 Å². The van der Waals surface area contributed by atoms with Crippen molar-refractivity contribution < 1.29 is 10.0 Å². The summed E-state index contributed by atoms with van der Waals surface area (Å²) >= 11 is 0. The fraction of sp³-hybridized carbons (Fsp3) is 0.133. The Hall–Kier alpha value is -2.89. The van der Waals surface area contributed by atoms with Crippen molar-refractivity contribution in [3.05, 3.63) is 65.0 Å². The second kappa shape index (κ2) is 6.51. The van der Waals surface area contributed by atoms with Gasteiger partial charge in [0.15, 0.2) is 5.84 Å². The predicted molar refractivity (Wildman–Crippen MR) is 79.1 cm³/mol. The topological polar surface area (TPSA) is 101 Å². The van der Waals surface area contributed by atoms with Gasteiger partial charge in [0.2, 0.25) is 0 Å². The van der Waals surface area contributed by atoms with E-state index in [1.807, 2.05) is 31.2 Å². The van der Waals surface area contributed by atoms with Crippen molar-refractivity contribution in [2.45, 2.75) is 13.5 Å². The van der Waals surface area contributed by atoms with Crippen LogP contribution in [0.3, 0.4) is 0 Å². The zero-order chi connectivity index (χ0) is 15.2. The monoisotopic (exact) mass is 284 g/mol. The number of aromatic nitrogens is 1. The van der Waals surface area contributed by atoms with Gasteiger partial charge in [-0.15, -0.1) is 0 Å². The summed E-state index contributed by atoms with van der Waals surface area (Å²) in [5.41, 5.74) is 8.32. The molecule has 0 unspecified atom stereocenters. The third-order valence-electron chi connectivity index (χ3n) is 2.94. The number of carbonyl (C=O) groups excluding carboxylic acids is 1. The van der Waals surface area contributed by atoms with Gasteiger partial charge in [-0.3, -0.25) is 9.78 Å². The molecular formula is C15H16N4O2. The minimum Gasteiger partial charge on any atom is -0.409 e. The molecule has 108 valence electrons. The number of rotatable bonds is 4. The predicted octanol–water partition coefficient (Wildman–Crippen LogP) is 1.41. The highest BCUT2D eigenvalue weighted by molar-refractivity contribution is 5.98. The van der Waals surface area contributed by atoms with Crippen LogP contribution in [-0.4, -0.2) is 21.9 Å². The van der Waals surface area contributed by atoms with Crippen molar-refractivity contribution >= 4 is 11.7 Å². The van der Waals surface area contributed by atoms with Gasteiger partial charge in [0, 0.05) is 18.3 Å². The van der Waals surface area contributed by atoms with Crippen LogP contribution in [0.2, 0.25) is 0 Å². The van der Waals surface area contributed by atoms with Crippen LogP contribution < -0.4 is 11.1 Å². The first kappa shape index (κ1) is 14.5. The van der Waals surface area contributed by atoms with Crippen LogP contribution in [-0.2, 0) is 6.54 Å². The molecule has 0 aliphatic heterocycles. The Bertz CT molecular complexity index is 666. The second-order valence-electron chi connectivity index (χ2n) is 4.59. The van der Waals surface area contributed by atoms with Gasteiger partial charge in [0.05, 0.1) is 0 Å². The number of nitrogens with zero attached hydrogens (tertiary/aromatic N) is 2. The Labute approximate surface area is 122 Å². The summed E-state index contributed by atoms with van der Waals surface area (Å²) in [5.74, 6) is -0.322. The van der Waals surface area contributed by atoms with E-state index >= 15 is 0 Å². The molecule has 1 aromatic heterocycles. The minimum absolute atomic E-state index is 0.0470. The first-order valence-electron chi connectivity index (χ1n) is 6.38. The molecule has 0 radical (unpaired) electrons. The Morgan fingerprint density at radius 3 is 2.81 bits per heavy atom. The lowest BCUT2D eigenvalue weighted by Gasteiger charge is -2.06. The molecule has 1 amide bonds. The molecule has 0 saturated carbocycles. The van der Waals surface area contributed by atoms with Crippen molar-refractivity contribution in [1.29, 1.82) is 0 Å². The maximum atomic E-state index is 12.0. The zero-order valence-corrected chi connectivity index (χ0v) is 11.6. The molecule has 6 heteroatoms. The molecule has 2 aromatic rings. The number of nitrogens with one attached hydrogen (secondary N) is 1.